The number of nitrogens with zero attached hydrogens (tertiary/aromatic N) is 1. The third kappa shape index (κ3) is 0.877. The Morgan fingerprint density at radius 1 is 1.70 bits per heavy atom. The number of ether oxygens (including phenoxy) is 1. The number of aromatic amines is 1. The van der Waals surface area contributed by atoms with Gasteiger partial charge in [-0.3, -0.25) is 9.89 Å². The molecule has 0 atom stereocenters. The van der Waals surface area contributed by atoms with Crippen LogP contribution in [-0.4, -0.2) is 23.6 Å². The van der Waals surface area contributed by atoms with Crippen molar-refractivity contribution in [1.82, 2.24) is 10.2 Å². The zero-order valence-electron chi connectivity index (χ0n) is 5.84. The predicted octanol–water partition coefficient (Wildman–Crippen LogP) is 0.539. The Bertz CT molecular complexity index is 242. The fourth-order valence-corrected chi connectivity index (χ4v) is 0.778. The summed E-state index contributed by atoms with van der Waals surface area (Å²) in [6, 6.07) is 0. The van der Waals surface area contributed by atoms with Crippen LogP contribution in [0.25, 0.3) is 0 Å². The van der Waals surface area contributed by atoms with E-state index in [0.29, 0.717) is 23.4 Å². The molecule has 0 fully saturated rings. The monoisotopic (exact) mass is 140 g/mol. The zero-order valence-corrected chi connectivity index (χ0v) is 5.84. The van der Waals surface area contributed by atoms with E-state index in [-0.39, 0.29) is 0 Å². The van der Waals surface area contributed by atoms with Gasteiger partial charge in [-0.05, 0) is 6.92 Å². The van der Waals surface area contributed by atoms with Gasteiger partial charge in [-0.25, -0.2) is 0 Å². The number of methoxy groups -OCH3 is 1. The molecule has 0 aromatic carbocycles. The third-order valence-electron chi connectivity index (χ3n) is 1.24. The van der Waals surface area contributed by atoms with Gasteiger partial charge in [0.05, 0.1) is 7.11 Å². The summed E-state index contributed by atoms with van der Waals surface area (Å²) in [5.41, 5.74) is 1.09. The first-order chi connectivity index (χ1) is 4.79. The first kappa shape index (κ1) is 6.80. The van der Waals surface area contributed by atoms with E-state index in [4.69, 9.17) is 4.74 Å². The fraction of sp³-hybridized carbons (Fsp3) is 0.333. The van der Waals surface area contributed by atoms with Gasteiger partial charge in [0.25, 0.3) is 0 Å². The summed E-state index contributed by atoms with van der Waals surface area (Å²) in [7, 11) is 1.50. The van der Waals surface area contributed by atoms with Crippen molar-refractivity contribution >= 4 is 6.29 Å². The second-order valence-electron chi connectivity index (χ2n) is 1.87. The minimum absolute atomic E-state index is 0.389. The maximum atomic E-state index is 10.2. The van der Waals surface area contributed by atoms with Crippen molar-refractivity contribution in [1.29, 1.82) is 0 Å². The van der Waals surface area contributed by atoms with Gasteiger partial charge in [0.15, 0.2) is 12.0 Å². The molecule has 1 aromatic rings. The van der Waals surface area contributed by atoms with Crippen LogP contribution in [-0.2, 0) is 0 Å². The van der Waals surface area contributed by atoms with Gasteiger partial charge in [0.1, 0.15) is 11.4 Å². The van der Waals surface area contributed by atoms with Crippen LogP contribution in [0.1, 0.15) is 16.2 Å². The SMILES string of the molecule is COc1c(C)n[nH]c1C=O. The molecule has 0 aliphatic rings. The van der Waals surface area contributed by atoms with Crippen molar-refractivity contribution in [3.8, 4) is 5.75 Å². The summed E-state index contributed by atoms with van der Waals surface area (Å²) < 4.78 is 4.88. The normalized spacial score (nSPS) is 9.40. The lowest BCUT2D eigenvalue weighted by Crippen LogP contribution is -1.87. The van der Waals surface area contributed by atoms with Gasteiger partial charge >= 0.3 is 0 Å². The highest BCUT2D eigenvalue weighted by molar-refractivity contribution is 5.76. The molecule has 0 unspecified atom stereocenters. The molecule has 0 spiro atoms. The van der Waals surface area contributed by atoms with Gasteiger partial charge in [-0.1, -0.05) is 0 Å². The van der Waals surface area contributed by atoms with Crippen molar-refractivity contribution in [2.75, 3.05) is 7.11 Å². The minimum atomic E-state index is 0.389. The van der Waals surface area contributed by atoms with E-state index in [2.05, 4.69) is 10.2 Å². The quantitative estimate of drug-likeness (QED) is 0.610. The Labute approximate surface area is 58.2 Å². The van der Waals surface area contributed by atoms with Gasteiger partial charge in [-0.2, -0.15) is 5.10 Å². The van der Waals surface area contributed by atoms with Crippen molar-refractivity contribution in [2.45, 2.75) is 6.92 Å². The molecular formula is C6H8N2O2. The van der Waals surface area contributed by atoms with E-state index in [1.807, 2.05) is 0 Å². The second kappa shape index (κ2) is 2.51. The number of carbonyl (C=O) groups excluding carboxylic acids is 1. The lowest BCUT2D eigenvalue weighted by Gasteiger charge is -1.94. The van der Waals surface area contributed by atoms with Crippen LogP contribution in [0.4, 0.5) is 0 Å². The van der Waals surface area contributed by atoms with E-state index in [9.17, 15) is 4.79 Å². The molecule has 0 radical (unpaired) electrons. The first-order valence-electron chi connectivity index (χ1n) is 2.83. The lowest BCUT2D eigenvalue weighted by atomic mass is 10.3. The van der Waals surface area contributed by atoms with E-state index < -0.39 is 0 Å². The van der Waals surface area contributed by atoms with Crippen LogP contribution in [0.2, 0.25) is 0 Å². The lowest BCUT2D eigenvalue weighted by molar-refractivity contribution is 0.111. The smallest absolute Gasteiger partial charge is 0.171 e. The molecule has 0 saturated carbocycles. The molecule has 4 heteroatoms. The number of carbonyl (C=O) groups is 1. The molecule has 10 heavy (non-hydrogen) atoms. The summed E-state index contributed by atoms with van der Waals surface area (Å²) in [5.74, 6) is 0.523. The molecule has 0 saturated heterocycles. The average molecular weight is 140 g/mol. The Hall–Kier alpha value is -1.32. The average Bonchev–Trinajstić information content (AvgIpc) is 2.30. The number of aromatic nitrogens is 2. The fourth-order valence-electron chi connectivity index (χ4n) is 0.778. The van der Waals surface area contributed by atoms with Crippen molar-refractivity contribution in [3.05, 3.63) is 11.4 Å². The molecule has 1 aromatic heterocycles. The Kier molecular flexibility index (Phi) is 1.71. The number of rotatable bonds is 2. The highest BCUT2D eigenvalue weighted by atomic mass is 16.5. The van der Waals surface area contributed by atoms with Crippen molar-refractivity contribution < 1.29 is 9.53 Å². The number of nitrogens with one attached hydrogen (secondary N) is 1. The number of hydrogen-bond donors (Lipinski definition) is 1. The third-order valence-corrected chi connectivity index (χ3v) is 1.24. The van der Waals surface area contributed by atoms with E-state index >= 15 is 0 Å². The van der Waals surface area contributed by atoms with Gasteiger partial charge < -0.3 is 4.74 Å². The molecule has 54 valence electrons. The zero-order chi connectivity index (χ0) is 7.56. The van der Waals surface area contributed by atoms with Crippen LogP contribution in [0.3, 0.4) is 0 Å². The molecule has 1 N–H and O–H groups in total. The summed E-state index contributed by atoms with van der Waals surface area (Å²) >= 11 is 0. The van der Waals surface area contributed by atoms with E-state index in [0.717, 1.165) is 0 Å². The number of hydrogen-bond acceptors (Lipinski definition) is 3. The van der Waals surface area contributed by atoms with Gasteiger partial charge in [0, 0.05) is 0 Å². The topological polar surface area (TPSA) is 55.0 Å². The van der Waals surface area contributed by atoms with Crippen LogP contribution in [0, 0.1) is 6.92 Å². The molecule has 0 amide bonds. The Morgan fingerprint density at radius 2 is 2.40 bits per heavy atom. The molecule has 1 heterocycles. The van der Waals surface area contributed by atoms with Gasteiger partial charge in [-0.15, -0.1) is 0 Å². The van der Waals surface area contributed by atoms with Crippen LogP contribution >= 0.6 is 0 Å². The summed E-state index contributed by atoms with van der Waals surface area (Å²) in [4.78, 5) is 10.2. The van der Waals surface area contributed by atoms with Crippen LogP contribution in [0.15, 0.2) is 0 Å². The second-order valence-corrected chi connectivity index (χ2v) is 1.87. The minimum Gasteiger partial charge on any atom is -0.492 e. The number of H-pyrrole nitrogens is 1. The van der Waals surface area contributed by atoms with Crippen molar-refractivity contribution in [2.24, 2.45) is 0 Å². The summed E-state index contributed by atoms with van der Waals surface area (Å²) in [6.45, 7) is 1.77. The number of aryl methyl sites for hydroxylation is 1. The van der Waals surface area contributed by atoms with E-state index in [1.54, 1.807) is 6.92 Å². The van der Waals surface area contributed by atoms with Crippen molar-refractivity contribution in [3.63, 3.8) is 0 Å². The molecule has 0 aliphatic carbocycles. The molecular weight excluding hydrogens is 132 g/mol. The maximum Gasteiger partial charge on any atom is 0.171 e. The molecule has 1 rings (SSSR count). The first-order valence-corrected chi connectivity index (χ1v) is 2.83. The molecule has 0 bridgehead atoms. The van der Waals surface area contributed by atoms with Crippen LogP contribution < -0.4 is 4.74 Å². The highest BCUT2D eigenvalue weighted by Gasteiger charge is 2.07. The number of aldehydes is 1. The highest BCUT2D eigenvalue weighted by Crippen LogP contribution is 2.16. The summed E-state index contributed by atoms with van der Waals surface area (Å²) in [6.07, 6.45) is 0.679. The maximum absolute atomic E-state index is 10.2. The van der Waals surface area contributed by atoms with Crippen LogP contribution in [0.5, 0.6) is 5.75 Å². The predicted molar refractivity (Wildman–Crippen MR) is 35.3 cm³/mol. The van der Waals surface area contributed by atoms with E-state index in [1.165, 1.54) is 7.11 Å². The van der Waals surface area contributed by atoms with Gasteiger partial charge in [0.2, 0.25) is 0 Å². The Balaban J connectivity index is 3.12. The Morgan fingerprint density at radius 3 is 2.80 bits per heavy atom. The standard InChI is InChI=1S/C6H8N2O2/c1-4-6(10-2)5(3-9)8-7-4/h3H,1-2H3,(H,7,8). The molecule has 0 aliphatic heterocycles. The largest absolute Gasteiger partial charge is 0.492 e. The molecule has 4 nitrogen and oxygen atoms in total. The summed E-state index contributed by atoms with van der Waals surface area (Å²) in [5, 5.41) is 6.31.